The molecule has 1 aromatic heterocycles. The van der Waals surface area contributed by atoms with Gasteiger partial charge in [-0.15, -0.1) is 10.2 Å². The lowest BCUT2D eigenvalue weighted by molar-refractivity contribution is 0.241. The van der Waals surface area contributed by atoms with E-state index in [2.05, 4.69) is 15.5 Å². The second kappa shape index (κ2) is 6.29. The molecule has 2 aromatic rings. The van der Waals surface area contributed by atoms with E-state index in [9.17, 15) is 18.3 Å². The van der Waals surface area contributed by atoms with Gasteiger partial charge >= 0.3 is 0 Å². The van der Waals surface area contributed by atoms with Crippen molar-refractivity contribution < 1.29 is 18.3 Å². The predicted octanol–water partition coefficient (Wildman–Crippen LogP) is 1.93. The summed E-state index contributed by atoms with van der Waals surface area (Å²) in [6.45, 7) is -0.125. The van der Waals surface area contributed by atoms with Crippen molar-refractivity contribution in [1.29, 1.82) is 0 Å². The minimum absolute atomic E-state index is 0.133. The Morgan fingerprint density at radius 1 is 1.26 bits per heavy atom. The average Bonchev–Trinajstić information content (AvgIpc) is 3.30. The molecule has 0 bridgehead atoms. The van der Waals surface area contributed by atoms with Gasteiger partial charge in [-0.3, -0.25) is 0 Å². The molecule has 1 fully saturated rings. The Kier molecular flexibility index (Phi) is 4.36. The Morgan fingerprint density at radius 3 is 2.48 bits per heavy atom. The Hall–Kier alpha value is -1.93. The smallest absolute Gasteiger partial charge is 0.194 e. The first-order valence-electron chi connectivity index (χ1n) is 7.38. The number of aliphatic hydroxyl groups excluding tert-OH is 1. The zero-order chi connectivity index (χ0) is 16.6. The summed E-state index contributed by atoms with van der Waals surface area (Å²) in [6, 6.07) is 1.01. The Balaban J connectivity index is 1.72. The molecular formula is C15H17F3N4O. The minimum Gasteiger partial charge on any atom is -0.394 e. The summed E-state index contributed by atoms with van der Waals surface area (Å²) in [5.74, 6) is -2.05. The van der Waals surface area contributed by atoms with E-state index in [1.807, 2.05) is 11.6 Å². The Morgan fingerprint density at radius 2 is 1.91 bits per heavy atom. The van der Waals surface area contributed by atoms with E-state index in [0.717, 1.165) is 30.8 Å². The number of halogens is 3. The van der Waals surface area contributed by atoms with Gasteiger partial charge in [0.15, 0.2) is 17.5 Å². The maximum absolute atomic E-state index is 13.3. The lowest BCUT2D eigenvalue weighted by Crippen LogP contribution is -2.26. The molecule has 0 amide bonds. The summed E-state index contributed by atoms with van der Waals surface area (Å²) in [5.41, 5.74) is 0.133. The van der Waals surface area contributed by atoms with Gasteiger partial charge in [0.1, 0.15) is 11.6 Å². The highest BCUT2D eigenvalue weighted by atomic mass is 19.2. The fourth-order valence-corrected chi connectivity index (χ4v) is 2.50. The van der Waals surface area contributed by atoms with Crippen LogP contribution in [0.5, 0.6) is 0 Å². The first-order valence-corrected chi connectivity index (χ1v) is 7.38. The Labute approximate surface area is 131 Å². The van der Waals surface area contributed by atoms with Gasteiger partial charge in [-0.1, -0.05) is 0 Å². The lowest BCUT2D eigenvalue weighted by atomic mass is 10.1. The SMILES string of the molecule is Cn1c(CN[C@@H](CO)c2cc(F)c(F)c(F)c2)nnc1C1CC1. The summed E-state index contributed by atoms with van der Waals surface area (Å²) in [7, 11) is 1.86. The molecule has 0 spiro atoms. The summed E-state index contributed by atoms with van der Waals surface area (Å²) in [5, 5.41) is 20.6. The number of hydrogen-bond donors (Lipinski definition) is 2. The van der Waals surface area contributed by atoms with Crippen LogP contribution in [-0.4, -0.2) is 26.5 Å². The van der Waals surface area contributed by atoms with Crippen molar-refractivity contribution in [3.05, 3.63) is 46.8 Å². The maximum Gasteiger partial charge on any atom is 0.194 e. The zero-order valence-corrected chi connectivity index (χ0v) is 12.6. The van der Waals surface area contributed by atoms with Crippen LogP contribution in [0.2, 0.25) is 0 Å². The number of hydrogen-bond acceptors (Lipinski definition) is 4. The van der Waals surface area contributed by atoms with Gasteiger partial charge in [-0.2, -0.15) is 0 Å². The van der Waals surface area contributed by atoms with Gasteiger partial charge in [0.2, 0.25) is 0 Å². The molecule has 3 rings (SSSR count). The largest absolute Gasteiger partial charge is 0.394 e. The van der Waals surface area contributed by atoms with E-state index in [4.69, 9.17) is 0 Å². The molecule has 0 saturated heterocycles. The van der Waals surface area contributed by atoms with Gasteiger partial charge in [0.25, 0.3) is 0 Å². The molecule has 0 radical (unpaired) electrons. The predicted molar refractivity (Wildman–Crippen MR) is 76.0 cm³/mol. The first kappa shape index (κ1) is 15.9. The van der Waals surface area contributed by atoms with E-state index >= 15 is 0 Å². The minimum atomic E-state index is -1.52. The van der Waals surface area contributed by atoms with Crippen molar-refractivity contribution in [3.8, 4) is 0 Å². The zero-order valence-electron chi connectivity index (χ0n) is 12.6. The molecule has 1 aliphatic rings. The monoisotopic (exact) mass is 326 g/mol. The Bertz CT molecular complexity index is 692. The summed E-state index contributed by atoms with van der Waals surface area (Å²) >= 11 is 0. The average molecular weight is 326 g/mol. The van der Waals surface area contributed by atoms with Crippen LogP contribution in [0.3, 0.4) is 0 Å². The van der Waals surface area contributed by atoms with Gasteiger partial charge < -0.3 is 15.0 Å². The molecule has 5 nitrogen and oxygen atoms in total. The number of aliphatic hydroxyl groups is 1. The van der Waals surface area contributed by atoms with Crippen molar-refractivity contribution in [2.75, 3.05) is 6.61 Å². The van der Waals surface area contributed by atoms with Crippen molar-refractivity contribution in [1.82, 2.24) is 20.1 Å². The molecule has 1 atom stereocenters. The van der Waals surface area contributed by atoms with Crippen molar-refractivity contribution in [2.45, 2.75) is 31.3 Å². The highest BCUT2D eigenvalue weighted by Gasteiger charge is 2.29. The topological polar surface area (TPSA) is 63.0 Å². The van der Waals surface area contributed by atoms with Gasteiger partial charge in [-0.05, 0) is 30.5 Å². The van der Waals surface area contributed by atoms with Crippen molar-refractivity contribution in [2.24, 2.45) is 7.05 Å². The highest BCUT2D eigenvalue weighted by Crippen LogP contribution is 2.38. The number of nitrogens with zero attached hydrogens (tertiary/aromatic N) is 3. The van der Waals surface area contributed by atoms with Crippen LogP contribution in [0.1, 0.15) is 42.0 Å². The fourth-order valence-electron chi connectivity index (χ4n) is 2.50. The van der Waals surface area contributed by atoms with Crippen LogP contribution in [-0.2, 0) is 13.6 Å². The second-order valence-electron chi connectivity index (χ2n) is 5.72. The highest BCUT2D eigenvalue weighted by molar-refractivity contribution is 5.23. The van der Waals surface area contributed by atoms with Crippen LogP contribution >= 0.6 is 0 Å². The van der Waals surface area contributed by atoms with Crippen LogP contribution in [0.25, 0.3) is 0 Å². The first-order chi connectivity index (χ1) is 11.0. The number of nitrogens with one attached hydrogen (secondary N) is 1. The van der Waals surface area contributed by atoms with Crippen LogP contribution in [0, 0.1) is 17.5 Å². The van der Waals surface area contributed by atoms with Crippen LogP contribution < -0.4 is 5.32 Å². The second-order valence-corrected chi connectivity index (χ2v) is 5.72. The summed E-state index contributed by atoms with van der Waals surface area (Å²) < 4.78 is 41.5. The summed E-state index contributed by atoms with van der Waals surface area (Å²) in [4.78, 5) is 0. The molecule has 1 saturated carbocycles. The molecule has 1 aliphatic carbocycles. The van der Waals surface area contributed by atoms with Crippen molar-refractivity contribution in [3.63, 3.8) is 0 Å². The molecule has 1 aromatic carbocycles. The molecule has 0 unspecified atom stereocenters. The number of benzene rings is 1. The third-order valence-electron chi connectivity index (χ3n) is 4.04. The fraction of sp³-hybridized carbons (Fsp3) is 0.467. The standard InChI is InChI=1S/C15H17F3N4O/c1-22-13(20-21-15(22)8-2-3-8)6-19-12(7-23)9-4-10(16)14(18)11(17)5-9/h4-5,8,12,19,23H,2-3,6-7H2,1H3/t12-/m0/s1. The normalized spacial score (nSPS) is 15.9. The van der Waals surface area contributed by atoms with E-state index < -0.39 is 30.1 Å². The summed E-state index contributed by atoms with van der Waals surface area (Å²) in [6.07, 6.45) is 2.21. The van der Waals surface area contributed by atoms with Gasteiger partial charge in [-0.25, -0.2) is 13.2 Å². The van der Waals surface area contributed by atoms with Crippen LogP contribution in [0.4, 0.5) is 13.2 Å². The van der Waals surface area contributed by atoms with Crippen molar-refractivity contribution >= 4 is 0 Å². The molecule has 2 N–H and O–H groups in total. The molecule has 23 heavy (non-hydrogen) atoms. The molecular weight excluding hydrogens is 309 g/mol. The number of rotatable bonds is 6. The quantitative estimate of drug-likeness (QED) is 0.796. The molecule has 1 heterocycles. The molecule has 8 heteroatoms. The van der Waals surface area contributed by atoms with Crippen LogP contribution in [0.15, 0.2) is 12.1 Å². The third-order valence-corrected chi connectivity index (χ3v) is 4.04. The lowest BCUT2D eigenvalue weighted by Gasteiger charge is -2.17. The van der Waals surface area contributed by atoms with Gasteiger partial charge in [0.05, 0.1) is 19.2 Å². The number of aromatic nitrogens is 3. The van der Waals surface area contributed by atoms with E-state index in [1.54, 1.807) is 0 Å². The van der Waals surface area contributed by atoms with E-state index in [0.29, 0.717) is 11.7 Å². The van der Waals surface area contributed by atoms with Gasteiger partial charge in [0, 0.05) is 13.0 Å². The molecule has 0 aliphatic heterocycles. The maximum atomic E-state index is 13.3. The van der Waals surface area contributed by atoms with E-state index in [1.165, 1.54) is 0 Å². The van der Waals surface area contributed by atoms with E-state index in [-0.39, 0.29) is 12.1 Å². The molecule has 124 valence electrons. The third kappa shape index (κ3) is 3.23.